The van der Waals surface area contributed by atoms with Gasteiger partial charge in [-0.2, -0.15) is 0 Å². The van der Waals surface area contributed by atoms with Gasteiger partial charge in [-0.25, -0.2) is 13.2 Å². The summed E-state index contributed by atoms with van der Waals surface area (Å²) in [6, 6.07) is 5.00. The summed E-state index contributed by atoms with van der Waals surface area (Å²) in [6.07, 6.45) is 1.54. The molecule has 0 aliphatic carbocycles. The van der Waals surface area contributed by atoms with Crippen molar-refractivity contribution in [2.75, 3.05) is 11.3 Å². The number of nitrogens with one attached hydrogen (secondary N) is 2. The Morgan fingerprint density at radius 3 is 2.80 bits per heavy atom. The Labute approximate surface area is 117 Å². The van der Waals surface area contributed by atoms with Gasteiger partial charge in [0.2, 0.25) is 10.9 Å². The van der Waals surface area contributed by atoms with Crippen LogP contribution >= 0.6 is 0 Å². The molecule has 0 amide bonds. The molecule has 1 heterocycles. The molecule has 0 spiro atoms. The highest BCUT2D eigenvalue weighted by atomic mass is 32.2. The van der Waals surface area contributed by atoms with Gasteiger partial charge in [0, 0.05) is 10.9 Å². The van der Waals surface area contributed by atoms with Crippen LogP contribution in [-0.4, -0.2) is 26.0 Å². The van der Waals surface area contributed by atoms with Crippen LogP contribution < -0.4 is 4.72 Å². The number of H-pyrrole nitrogens is 1. The Balaban J connectivity index is 2.51. The number of aromatic amines is 1. The van der Waals surface area contributed by atoms with Gasteiger partial charge in [-0.3, -0.25) is 4.72 Å². The van der Waals surface area contributed by atoms with Crippen LogP contribution in [0.3, 0.4) is 0 Å². The topological polar surface area (TPSA) is 88.3 Å². The molecule has 0 aliphatic rings. The van der Waals surface area contributed by atoms with Crippen molar-refractivity contribution in [2.45, 2.75) is 6.92 Å². The van der Waals surface area contributed by atoms with Crippen LogP contribution in [0.4, 0.5) is 5.69 Å². The zero-order valence-electron chi connectivity index (χ0n) is 10.8. The van der Waals surface area contributed by atoms with Crippen LogP contribution in [-0.2, 0) is 15.6 Å². The number of rotatable bonds is 5. The Morgan fingerprint density at radius 2 is 2.20 bits per heavy atom. The number of hydrogen-bond acceptors (Lipinski definition) is 4. The molecule has 0 aliphatic heterocycles. The molecule has 0 saturated carbocycles. The maximum atomic E-state index is 11.6. The van der Waals surface area contributed by atoms with Crippen molar-refractivity contribution in [3.8, 4) is 0 Å². The maximum absolute atomic E-state index is 11.6. The van der Waals surface area contributed by atoms with E-state index in [0.717, 1.165) is 5.39 Å². The van der Waals surface area contributed by atoms with Crippen molar-refractivity contribution in [3.05, 3.63) is 36.0 Å². The minimum Gasteiger partial charge on any atom is -0.461 e. The SMILES string of the molecule is C=Cc1cc2cc(C(=O)OCC)[nH]c2cc1N[SH](=O)=O. The Bertz CT molecular complexity index is 738. The zero-order chi connectivity index (χ0) is 14.7. The van der Waals surface area contributed by atoms with Gasteiger partial charge in [0.25, 0.3) is 0 Å². The molecule has 6 nitrogen and oxygen atoms in total. The monoisotopic (exact) mass is 294 g/mol. The van der Waals surface area contributed by atoms with E-state index in [4.69, 9.17) is 4.74 Å². The first-order valence-electron chi connectivity index (χ1n) is 5.92. The van der Waals surface area contributed by atoms with Crippen molar-refractivity contribution in [2.24, 2.45) is 0 Å². The van der Waals surface area contributed by atoms with E-state index in [1.54, 1.807) is 25.1 Å². The van der Waals surface area contributed by atoms with Gasteiger partial charge in [0.1, 0.15) is 5.69 Å². The molecular formula is C13H14N2O4S. The van der Waals surface area contributed by atoms with Crippen LogP contribution in [0.15, 0.2) is 24.8 Å². The molecule has 0 fully saturated rings. The number of hydrogen-bond donors (Lipinski definition) is 3. The van der Waals surface area contributed by atoms with Crippen molar-refractivity contribution >= 4 is 39.5 Å². The average Bonchev–Trinajstić information content (AvgIpc) is 2.80. The number of fused-ring (bicyclic) bond motifs is 1. The summed E-state index contributed by atoms with van der Waals surface area (Å²) >= 11 is 0. The third-order valence-electron chi connectivity index (χ3n) is 2.72. The van der Waals surface area contributed by atoms with Crippen LogP contribution in [0.1, 0.15) is 23.0 Å². The van der Waals surface area contributed by atoms with Crippen molar-refractivity contribution in [3.63, 3.8) is 0 Å². The predicted molar refractivity (Wildman–Crippen MR) is 78.3 cm³/mol. The number of carbonyl (C=O) groups is 1. The maximum Gasteiger partial charge on any atom is 0.354 e. The highest BCUT2D eigenvalue weighted by Gasteiger charge is 2.12. The zero-order valence-corrected chi connectivity index (χ0v) is 11.7. The first-order chi connectivity index (χ1) is 9.55. The summed E-state index contributed by atoms with van der Waals surface area (Å²) in [5.74, 6) is -0.451. The summed E-state index contributed by atoms with van der Waals surface area (Å²) in [5.41, 5.74) is 1.99. The molecule has 2 N–H and O–H groups in total. The summed E-state index contributed by atoms with van der Waals surface area (Å²) in [7, 11) is -2.77. The van der Waals surface area contributed by atoms with Gasteiger partial charge in [-0.05, 0) is 30.7 Å². The van der Waals surface area contributed by atoms with Gasteiger partial charge in [-0.15, -0.1) is 0 Å². The molecule has 2 rings (SSSR count). The Kier molecular flexibility index (Phi) is 4.09. The second-order valence-corrected chi connectivity index (χ2v) is 4.74. The quantitative estimate of drug-likeness (QED) is 0.580. The number of ether oxygens (including phenoxy) is 1. The molecule has 2 aromatic rings. The first kappa shape index (κ1) is 14.1. The lowest BCUT2D eigenvalue weighted by molar-refractivity contribution is 0.0520. The van der Waals surface area contributed by atoms with E-state index in [2.05, 4.69) is 16.3 Å². The number of thiol groups is 1. The van der Waals surface area contributed by atoms with E-state index in [0.29, 0.717) is 22.5 Å². The predicted octanol–water partition coefficient (Wildman–Crippen LogP) is 1.93. The van der Waals surface area contributed by atoms with Crippen LogP contribution in [0, 0.1) is 0 Å². The van der Waals surface area contributed by atoms with E-state index in [-0.39, 0.29) is 6.61 Å². The lowest BCUT2D eigenvalue weighted by Crippen LogP contribution is -2.04. The molecule has 20 heavy (non-hydrogen) atoms. The fraction of sp³-hybridized carbons (Fsp3) is 0.154. The molecule has 1 aromatic heterocycles. The smallest absolute Gasteiger partial charge is 0.354 e. The molecule has 7 heteroatoms. The highest BCUT2D eigenvalue weighted by Crippen LogP contribution is 2.26. The lowest BCUT2D eigenvalue weighted by Gasteiger charge is -2.04. The van der Waals surface area contributed by atoms with E-state index in [9.17, 15) is 13.2 Å². The van der Waals surface area contributed by atoms with Gasteiger partial charge in [-0.1, -0.05) is 12.7 Å². The van der Waals surface area contributed by atoms with E-state index in [1.807, 2.05) is 0 Å². The van der Waals surface area contributed by atoms with E-state index < -0.39 is 16.9 Å². The second kappa shape index (κ2) is 5.79. The van der Waals surface area contributed by atoms with Crippen LogP contribution in [0.2, 0.25) is 0 Å². The van der Waals surface area contributed by atoms with Crippen LogP contribution in [0.5, 0.6) is 0 Å². The highest BCUT2D eigenvalue weighted by molar-refractivity contribution is 7.73. The summed E-state index contributed by atoms with van der Waals surface area (Å²) < 4.78 is 28.8. The molecular weight excluding hydrogens is 280 g/mol. The molecule has 1 aromatic carbocycles. The van der Waals surface area contributed by atoms with E-state index >= 15 is 0 Å². The summed E-state index contributed by atoms with van der Waals surface area (Å²) in [4.78, 5) is 14.5. The summed E-state index contributed by atoms with van der Waals surface area (Å²) in [5, 5.41) is 0.773. The lowest BCUT2D eigenvalue weighted by atomic mass is 10.1. The molecule has 106 valence electrons. The molecule has 0 radical (unpaired) electrons. The standard InChI is InChI=1S/C13H14N2O4S/c1-3-8-5-9-6-12(13(16)19-4-2)14-10(9)7-11(8)15-20(17)18/h3,5-7,14,20H,1,4H2,2H3,(H,15,17,18). The fourth-order valence-electron chi connectivity index (χ4n) is 1.88. The van der Waals surface area contributed by atoms with Crippen LogP contribution in [0.25, 0.3) is 17.0 Å². The minimum absolute atomic E-state index is 0.287. The molecule has 0 saturated heterocycles. The number of benzene rings is 1. The third-order valence-corrected chi connectivity index (χ3v) is 3.14. The van der Waals surface area contributed by atoms with Crippen molar-refractivity contribution in [1.29, 1.82) is 0 Å². The Hall–Kier alpha value is -2.28. The second-order valence-electron chi connectivity index (χ2n) is 4.00. The molecule has 0 unspecified atom stereocenters. The Morgan fingerprint density at radius 1 is 1.45 bits per heavy atom. The van der Waals surface area contributed by atoms with Crippen molar-refractivity contribution in [1.82, 2.24) is 4.98 Å². The number of anilines is 1. The van der Waals surface area contributed by atoms with Gasteiger partial charge in [0.05, 0.1) is 12.3 Å². The van der Waals surface area contributed by atoms with Crippen molar-refractivity contribution < 1.29 is 17.9 Å². The number of aromatic nitrogens is 1. The largest absolute Gasteiger partial charge is 0.461 e. The van der Waals surface area contributed by atoms with E-state index in [1.165, 1.54) is 6.08 Å². The van der Waals surface area contributed by atoms with Gasteiger partial charge >= 0.3 is 5.97 Å². The number of carbonyl (C=O) groups excluding carboxylic acids is 1. The molecule has 0 bridgehead atoms. The normalized spacial score (nSPS) is 10.7. The summed E-state index contributed by atoms with van der Waals surface area (Å²) in [6.45, 7) is 5.65. The number of esters is 1. The minimum atomic E-state index is -2.77. The molecule has 0 atom stereocenters. The third kappa shape index (κ3) is 2.83. The average molecular weight is 294 g/mol. The fourth-order valence-corrected chi connectivity index (χ4v) is 2.27. The van der Waals surface area contributed by atoms with Gasteiger partial charge < -0.3 is 9.72 Å². The first-order valence-corrected chi connectivity index (χ1v) is 7.10. The van der Waals surface area contributed by atoms with Gasteiger partial charge in [0.15, 0.2) is 0 Å².